The van der Waals surface area contributed by atoms with Crippen LogP contribution in [-0.4, -0.2) is 29.7 Å². The van der Waals surface area contributed by atoms with Crippen LogP contribution in [-0.2, 0) is 4.79 Å². The summed E-state index contributed by atoms with van der Waals surface area (Å²) >= 11 is 0. The number of nitrogens with one attached hydrogen (secondary N) is 1. The van der Waals surface area contributed by atoms with Crippen LogP contribution in [0.1, 0.15) is 26.2 Å². The summed E-state index contributed by atoms with van der Waals surface area (Å²) in [5.74, 6) is -1.09. The molecule has 0 aliphatic heterocycles. The second-order valence-corrected chi connectivity index (χ2v) is 5.07. The molecule has 20 heavy (non-hydrogen) atoms. The molecule has 2 N–H and O–H groups in total. The minimum absolute atomic E-state index is 0.0404. The molecule has 1 fully saturated rings. The van der Waals surface area contributed by atoms with Crippen molar-refractivity contribution >= 4 is 17.7 Å². The zero-order valence-corrected chi connectivity index (χ0v) is 11.6. The first-order valence-corrected chi connectivity index (χ1v) is 6.97. The van der Waals surface area contributed by atoms with E-state index < -0.39 is 5.97 Å². The first-order chi connectivity index (χ1) is 9.61. The molecule has 2 amide bonds. The first-order valence-electron chi connectivity index (χ1n) is 6.97. The van der Waals surface area contributed by atoms with Gasteiger partial charge in [-0.15, -0.1) is 0 Å². The van der Waals surface area contributed by atoms with Gasteiger partial charge in [0, 0.05) is 18.3 Å². The van der Waals surface area contributed by atoms with Gasteiger partial charge in [-0.3, -0.25) is 9.69 Å². The summed E-state index contributed by atoms with van der Waals surface area (Å²) in [5.41, 5.74) is 0.847. The van der Waals surface area contributed by atoms with Crippen molar-refractivity contribution in [1.82, 2.24) is 5.32 Å². The maximum Gasteiger partial charge on any atom is 0.322 e. The third kappa shape index (κ3) is 3.29. The Morgan fingerprint density at radius 2 is 2.00 bits per heavy atom. The summed E-state index contributed by atoms with van der Waals surface area (Å²) in [6.07, 6.45) is 1.89. The number of benzene rings is 1. The molecule has 1 aliphatic carbocycles. The number of carboxylic acid groups (broad SMARTS) is 1. The molecular weight excluding hydrogens is 256 g/mol. The third-order valence-electron chi connectivity index (χ3n) is 3.74. The Morgan fingerprint density at radius 3 is 2.55 bits per heavy atom. The van der Waals surface area contributed by atoms with Gasteiger partial charge in [0.15, 0.2) is 0 Å². The van der Waals surface area contributed by atoms with E-state index in [4.69, 9.17) is 5.11 Å². The fraction of sp³-hybridized carbons (Fsp3) is 0.467. The van der Waals surface area contributed by atoms with Crippen molar-refractivity contribution in [3.8, 4) is 0 Å². The number of carbonyl (C=O) groups is 2. The summed E-state index contributed by atoms with van der Waals surface area (Å²) < 4.78 is 0. The minimum atomic E-state index is -0.767. The number of urea groups is 1. The summed E-state index contributed by atoms with van der Waals surface area (Å²) in [6, 6.07) is 9.26. The topological polar surface area (TPSA) is 69.6 Å². The molecule has 0 radical (unpaired) electrons. The van der Waals surface area contributed by atoms with Gasteiger partial charge in [-0.05, 0) is 38.3 Å². The van der Waals surface area contributed by atoms with E-state index in [0.29, 0.717) is 19.4 Å². The second kappa shape index (κ2) is 6.41. The molecule has 1 aromatic rings. The highest BCUT2D eigenvalue weighted by Crippen LogP contribution is 2.26. The maximum absolute atomic E-state index is 12.3. The van der Waals surface area contributed by atoms with Gasteiger partial charge in [-0.2, -0.15) is 0 Å². The molecule has 0 spiro atoms. The number of para-hydroxylation sites is 1. The number of amides is 2. The van der Waals surface area contributed by atoms with Crippen molar-refractivity contribution in [1.29, 1.82) is 0 Å². The predicted molar refractivity (Wildman–Crippen MR) is 76.8 cm³/mol. The van der Waals surface area contributed by atoms with E-state index >= 15 is 0 Å². The zero-order valence-electron chi connectivity index (χ0n) is 11.6. The normalized spacial score (nSPS) is 21.4. The highest BCUT2D eigenvalue weighted by atomic mass is 16.4. The highest BCUT2D eigenvalue weighted by Gasteiger charge is 2.31. The molecule has 1 saturated carbocycles. The molecular formula is C15H20N2O3. The van der Waals surface area contributed by atoms with Crippen LogP contribution in [0, 0.1) is 5.92 Å². The fourth-order valence-corrected chi connectivity index (χ4v) is 2.64. The summed E-state index contributed by atoms with van der Waals surface area (Å²) in [5, 5.41) is 11.9. The van der Waals surface area contributed by atoms with Gasteiger partial charge in [-0.1, -0.05) is 18.2 Å². The van der Waals surface area contributed by atoms with Crippen molar-refractivity contribution < 1.29 is 14.7 Å². The zero-order chi connectivity index (χ0) is 14.5. The molecule has 2 atom stereocenters. The lowest BCUT2D eigenvalue weighted by Gasteiger charge is -2.23. The van der Waals surface area contributed by atoms with Crippen LogP contribution in [0.15, 0.2) is 30.3 Å². The Morgan fingerprint density at radius 1 is 1.30 bits per heavy atom. The van der Waals surface area contributed by atoms with Gasteiger partial charge < -0.3 is 10.4 Å². The van der Waals surface area contributed by atoms with Crippen LogP contribution < -0.4 is 10.2 Å². The van der Waals surface area contributed by atoms with E-state index in [1.807, 2.05) is 37.3 Å². The molecule has 1 aliphatic rings. The third-order valence-corrected chi connectivity index (χ3v) is 3.74. The number of carboxylic acids is 1. The van der Waals surface area contributed by atoms with Gasteiger partial charge in [-0.25, -0.2) is 4.79 Å². The van der Waals surface area contributed by atoms with E-state index in [2.05, 4.69) is 5.32 Å². The standard InChI is InChI=1S/C15H20N2O3/c1-2-17(13-6-4-3-5-7-13)15(20)16-12-9-8-11(10-12)14(18)19/h3-7,11-12H,2,8-10H2,1H3,(H,16,20)(H,18,19). The number of nitrogens with zero attached hydrogens (tertiary/aromatic N) is 1. The van der Waals surface area contributed by atoms with Crippen molar-refractivity contribution in [2.24, 2.45) is 5.92 Å². The number of anilines is 1. The SMILES string of the molecule is CCN(C(=O)NC1CCC(C(=O)O)C1)c1ccccc1. The highest BCUT2D eigenvalue weighted by molar-refractivity contribution is 5.92. The summed E-state index contributed by atoms with van der Waals surface area (Å²) in [7, 11) is 0. The monoisotopic (exact) mass is 276 g/mol. The van der Waals surface area contributed by atoms with Gasteiger partial charge in [0.05, 0.1) is 5.92 Å². The Bertz CT molecular complexity index is 475. The molecule has 0 bridgehead atoms. The molecule has 0 heterocycles. The molecule has 2 rings (SSSR count). The van der Waals surface area contributed by atoms with Gasteiger partial charge in [0.25, 0.3) is 0 Å². The van der Waals surface area contributed by atoms with Gasteiger partial charge in [0.2, 0.25) is 0 Å². The lowest BCUT2D eigenvalue weighted by Crippen LogP contribution is -2.44. The van der Waals surface area contributed by atoms with Gasteiger partial charge in [0.1, 0.15) is 0 Å². The molecule has 0 saturated heterocycles. The summed E-state index contributed by atoms with van der Waals surface area (Å²) in [4.78, 5) is 24.9. The van der Waals surface area contributed by atoms with Crippen LogP contribution in [0.4, 0.5) is 10.5 Å². The van der Waals surface area contributed by atoms with Crippen LogP contribution in [0.5, 0.6) is 0 Å². The van der Waals surface area contributed by atoms with Gasteiger partial charge >= 0.3 is 12.0 Å². The van der Waals surface area contributed by atoms with E-state index in [0.717, 1.165) is 12.1 Å². The number of rotatable bonds is 4. The fourth-order valence-electron chi connectivity index (χ4n) is 2.64. The first kappa shape index (κ1) is 14.4. The number of aliphatic carboxylic acids is 1. The maximum atomic E-state index is 12.3. The molecule has 5 heteroatoms. The molecule has 2 unspecified atom stereocenters. The smallest absolute Gasteiger partial charge is 0.322 e. The van der Waals surface area contributed by atoms with E-state index in [1.54, 1.807) is 4.90 Å². The van der Waals surface area contributed by atoms with E-state index in [9.17, 15) is 9.59 Å². The number of hydrogen-bond donors (Lipinski definition) is 2. The Hall–Kier alpha value is -2.04. The van der Waals surface area contributed by atoms with E-state index in [-0.39, 0.29) is 18.0 Å². The average Bonchev–Trinajstić information content (AvgIpc) is 2.89. The van der Waals surface area contributed by atoms with Crippen LogP contribution in [0.25, 0.3) is 0 Å². The Kier molecular flexibility index (Phi) is 4.61. The minimum Gasteiger partial charge on any atom is -0.481 e. The summed E-state index contributed by atoms with van der Waals surface area (Å²) in [6.45, 7) is 2.49. The van der Waals surface area contributed by atoms with Crippen molar-refractivity contribution in [3.05, 3.63) is 30.3 Å². The van der Waals surface area contributed by atoms with Crippen molar-refractivity contribution in [2.75, 3.05) is 11.4 Å². The lowest BCUT2D eigenvalue weighted by molar-refractivity contribution is -0.141. The second-order valence-electron chi connectivity index (χ2n) is 5.07. The quantitative estimate of drug-likeness (QED) is 0.887. The Balaban J connectivity index is 1.96. The lowest BCUT2D eigenvalue weighted by atomic mass is 10.1. The molecule has 0 aromatic heterocycles. The predicted octanol–water partition coefficient (Wildman–Crippen LogP) is 2.48. The largest absolute Gasteiger partial charge is 0.481 e. The molecule has 108 valence electrons. The van der Waals surface area contributed by atoms with E-state index in [1.165, 1.54) is 0 Å². The van der Waals surface area contributed by atoms with Crippen LogP contribution >= 0.6 is 0 Å². The molecule has 5 nitrogen and oxygen atoms in total. The number of carbonyl (C=O) groups excluding carboxylic acids is 1. The molecule has 1 aromatic carbocycles. The van der Waals surface area contributed by atoms with Crippen molar-refractivity contribution in [2.45, 2.75) is 32.2 Å². The van der Waals surface area contributed by atoms with Crippen LogP contribution in [0.2, 0.25) is 0 Å². The van der Waals surface area contributed by atoms with Crippen molar-refractivity contribution in [3.63, 3.8) is 0 Å². The Labute approximate surface area is 118 Å². The average molecular weight is 276 g/mol. The van der Waals surface area contributed by atoms with Crippen LogP contribution in [0.3, 0.4) is 0 Å². The number of hydrogen-bond acceptors (Lipinski definition) is 2.